The summed E-state index contributed by atoms with van der Waals surface area (Å²) in [5, 5.41) is 3.29. The lowest BCUT2D eigenvalue weighted by Crippen LogP contribution is -2.47. The monoisotopic (exact) mass is 370 g/mol. The average Bonchev–Trinajstić information content (AvgIpc) is 3.05. The van der Waals surface area contributed by atoms with E-state index in [1.165, 1.54) is 12.8 Å². The van der Waals surface area contributed by atoms with E-state index in [0.717, 1.165) is 24.2 Å². The fourth-order valence-electron chi connectivity index (χ4n) is 4.96. The van der Waals surface area contributed by atoms with Crippen molar-refractivity contribution in [2.45, 2.75) is 78.0 Å². The number of nitrogens with zero attached hydrogens (tertiary/aromatic N) is 3. The number of carbonyl (C=O) groups excluding carboxylic acids is 1. The molecule has 2 saturated carbocycles. The third-order valence-corrected chi connectivity index (χ3v) is 5.91. The minimum atomic E-state index is -0.114. The Hall–Kier alpha value is -1.95. The Morgan fingerprint density at radius 1 is 1.22 bits per heavy atom. The number of carbonyl (C=O) groups is 1. The minimum Gasteiger partial charge on any atom is -0.373 e. The van der Waals surface area contributed by atoms with E-state index >= 15 is 0 Å². The van der Waals surface area contributed by atoms with Crippen LogP contribution < -0.4 is 5.32 Å². The Morgan fingerprint density at radius 3 is 2.52 bits per heavy atom. The van der Waals surface area contributed by atoms with E-state index in [1.807, 2.05) is 24.3 Å². The van der Waals surface area contributed by atoms with Crippen molar-refractivity contribution in [2.24, 2.45) is 11.8 Å². The summed E-state index contributed by atoms with van der Waals surface area (Å²) >= 11 is 0. The summed E-state index contributed by atoms with van der Waals surface area (Å²) in [5.74, 6) is 0.878. The zero-order valence-corrected chi connectivity index (χ0v) is 17.0. The normalized spacial score (nSPS) is 27.9. The van der Waals surface area contributed by atoms with Gasteiger partial charge in [0.25, 0.3) is 5.91 Å². The molecule has 27 heavy (non-hydrogen) atoms. The molecule has 0 spiro atoms. The predicted octanol–water partition coefficient (Wildman–Crippen LogP) is 3.45. The van der Waals surface area contributed by atoms with Crippen LogP contribution in [0.2, 0.25) is 0 Å². The Balaban J connectivity index is 1.50. The van der Waals surface area contributed by atoms with Crippen LogP contribution in [0.25, 0.3) is 5.65 Å². The molecule has 2 aliphatic carbocycles. The number of imidazole rings is 1. The zero-order chi connectivity index (χ0) is 19.3. The standard InChI is InChI=1S/C21H30N4O2/c1-12-8-13(2)25-11-22-18(19(25)23-12)20(26)24-17-14-6-7-15(17)10-16(9-14)27-21(3,4)5/h8,11,14-17H,6-7,9-10H2,1-5H3,(H,24,26)/t14?,15?,16-,17-. The first-order chi connectivity index (χ1) is 12.7. The summed E-state index contributed by atoms with van der Waals surface area (Å²) in [6.07, 6.45) is 6.38. The molecule has 2 unspecified atom stereocenters. The van der Waals surface area contributed by atoms with E-state index in [9.17, 15) is 4.79 Å². The molecule has 6 nitrogen and oxygen atoms in total. The van der Waals surface area contributed by atoms with E-state index in [-0.39, 0.29) is 17.6 Å². The van der Waals surface area contributed by atoms with Gasteiger partial charge in [-0.25, -0.2) is 9.97 Å². The fraction of sp³-hybridized carbons (Fsp3) is 0.667. The van der Waals surface area contributed by atoms with Gasteiger partial charge in [-0.3, -0.25) is 9.20 Å². The Kier molecular flexibility index (Phi) is 4.49. The summed E-state index contributed by atoms with van der Waals surface area (Å²) in [4.78, 5) is 21.9. The number of amides is 1. The number of rotatable bonds is 3. The smallest absolute Gasteiger partial charge is 0.274 e. The number of nitrogens with one attached hydrogen (secondary N) is 1. The molecule has 6 heteroatoms. The maximum atomic E-state index is 13.0. The first-order valence-corrected chi connectivity index (χ1v) is 10.0. The lowest BCUT2D eigenvalue weighted by molar-refractivity contribution is -0.0875. The van der Waals surface area contributed by atoms with Crippen LogP contribution in [0.4, 0.5) is 0 Å². The first kappa shape index (κ1) is 18.4. The minimum absolute atomic E-state index is 0.105. The summed E-state index contributed by atoms with van der Waals surface area (Å²) in [6.45, 7) is 10.3. The van der Waals surface area contributed by atoms with Crippen molar-refractivity contribution in [3.63, 3.8) is 0 Å². The van der Waals surface area contributed by atoms with Gasteiger partial charge in [0.05, 0.1) is 11.7 Å². The zero-order valence-electron chi connectivity index (χ0n) is 17.0. The summed E-state index contributed by atoms with van der Waals surface area (Å²) in [5.41, 5.74) is 2.88. The number of hydrogen-bond acceptors (Lipinski definition) is 4. The van der Waals surface area contributed by atoms with Crippen LogP contribution >= 0.6 is 0 Å². The molecule has 0 saturated heterocycles. The van der Waals surface area contributed by atoms with Crippen molar-refractivity contribution < 1.29 is 9.53 Å². The molecule has 2 bridgehead atoms. The van der Waals surface area contributed by atoms with Gasteiger partial charge < -0.3 is 10.1 Å². The highest BCUT2D eigenvalue weighted by molar-refractivity contribution is 5.98. The largest absolute Gasteiger partial charge is 0.373 e. The Labute approximate surface area is 160 Å². The number of aryl methyl sites for hydroxylation is 2. The lowest BCUT2D eigenvalue weighted by Gasteiger charge is -2.38. The molecule has 2 aromatic heterocycles. The quantitative estimate of drug-likeness (QED) is 0.898. The van der Waals surface area contributed by atoms with Crippen LogP contribution in [0, 0.1) is 25.7 Å². The predicted molar refractivity (Wildman–Crippen MR) is 104 cm³/mol. The van der Waals surface area contributed by atoms with Gasteiger partial charge in [0.1, 0.15) is 6.33 Å². The SMILES string of the molecule is Cc1cc(C)n2cnc(C(=O)N[C@H]3C4CCC3C[C@@H](OC(C)(C)C)C4)c2n1. The number of hydrogen-bond donors (Lipinski definition) is 1. The van der Waals surface area contributed by atoms with E-state index in [0.29, 0.717) is 29.3 Å². The van der Waals surface area contributed by atoms with Gasteiger partial charge in [-0.1, -0.05) is 0 Å². The summed E-state index contributed by atoms with van der Waals surface area (Å²) in [6, 6.07) is 2.22. The van der Waals surface area contributed by atoms with E-state index in [1.54, 1.807) is 6.33 Å². The maximum Gasteiger partial charge on any atom is 0.274 e. The number of fused-ring (bicyclic) bond motifs is 3. The Bertz CT molecular complexity index is 853. The highest BCUT2D eigenvalue weighted by atomic mass is 16.5. The highest BCUT2D eigenvalue weighted by Crippen LogP contribution is 2.44. The molecular formula is C21H30N4O2. The van der Waals surface area contributed by atoms with Gasteiger partial charge >= 0.3 is 0 Å². The van der Waals surface area contributed by atoms with Crippen LogP contribution in [0.15, 0.2) is 12.4 Å². The molecule has 2 heterocycles. The fourth-order valence-corrected chi connectivity index (χ4v) is 4.96. The molecule has 4 rings (SSSR count). The third-order valence-electron chi connectivity index (χ3n) is 5.91. The van der Waals surface area contributed by atoms with E-state index in [2.05, 4.69) is 36.1 Å². The molecular weight excluding hydrogens is 340 g/mol. The highest BCUT2D eigenvalue weighted by Gasteiger charge is 2.44. The van der Waals surface area contributed by atoms with Gasteiger partial charge in [0.15, 0.2) is 11.3 Å². The van der Waals surface area contributed by atoms with E-state index < -0.39 is 0 Å². The van der Waals surface area contributed by atoms with Crippen molar-refractivity contribution in [2.75, 3.05) is 0 Å². The van der Waals surface area contributed by atoms with Crippen LogP contribution in [-0.4, -0.2) is 38.0 Å². The maximum absolute atomic E-state index is 13.0. The summed E-state index contributed by atoms with van der Waals surface area (Å²) < 4.78 is 8.11. The van der Waals surface area contributed by atoms with Crippen LogP contribution in [0.3, 0.4) is 0 Å². The molecule has 1 amide bonds. The van der Waals surface area contributed by atoms with Crippen molar-refractivity contribution in [1.82, 2.24) is 19.7 Å². The first-order valence-electron chi connectivity index (χ1n) is 10.0. The molecule has 2 atom stereocenters. The molecule has 2 aliphatic rings. The van der Waals surface area contributed by atoms with Crippen molar-refractivity contribution in [3.05, 3.63) is 29.5 Å². The van der Waals surface area contributed by atoms with Gasteiger partial charge in [0, 0.05) is 17.4 Å². The average molecular weight is 370 g/mol. The van der Waals surface area contributed by atoms with Crippen molar-refractivity contribution in [3.8, 4) is 0 Å². The second-order valence-corrected chi connectivity index (χ2v) is 9.25. The Morgan fingerprint density at radius 2 is 1.89 bits per heavy atom. The topological polar surface area (TPSA) is 68.5 Å². The molecule has 2 aromatic rings. The van der Waals surface area contributed by atoms with Crippen LogP contribution in [0.1, 0.15) is 68.3 Å². The molecule has 146 valence electrons. The molecule has 0 aliphatic heterocycles. The van der Waals surface area contributed by atoms with Crippen LogP contribution in [-0.2, 0) is 4.74 Å². The number of aromatic nitrogens is 3. The third kappa shape index (κ3) is 3.59. The summed E-state index contributed by atoms with van der Waals surface area (Å²) in [7, 11) is 0. The lowest BCUT2D eigenvalue weighted by atomic mass is 9.82. The van der Waals surface area contributed by atoms with Crippen molar-refractivity contribution >= 4 is 11.6 Å². The van der Waals surface area contributed by atoms with Crippen LogP contribution in [0.5, 0.6) is 0 Å². The molecule has 2 fully saturated rings. The molecule has 0 radical (unpaired) electrons. The van der Waals surface area contributed by atoms with Crippen molar-refractivity contribution in [1.29, 1.82) is 0 Å². The van der Waals surface area contributed by atoms with Gasteiger partial charge in [-0.05, 0) is 78.2 Å². The van der Waals surface area contributed by atoms with Gasteiger partial charge in [-0.2, -0.15) is 0 Å². The van der Waals surface area contributed by atoms with E-state index in [4.69, 9.17) is 4.74 Å². The number of ether oxygens (including phenoxy) is 1. The van der Waals surface area contributed by atoms with Gasteiger partial charge in [-0.15, -0.1) is 0 Å². The van der Waals surface area contributed by atoms with Gasteiger partial charge in [0.2, 0.25) is 0 Å². The molecule has 1 N–H and O–H groups in total. The second-order valence-electron chi connectivity index (χ2n) is 9.25. The second kappa shape index (κ2) is 6.59. The molecule has 0 aromatic carbocycles.